The van der Waals surface area contributed by atoms with Crippen molar-refractivity contribution in [2.75, 3.05) is 39.3 Å². The summed E-state index contributed by atoms with van der Waals surface area (Å²) >= 11 is 6.22. The maximum Gasteiger partial charge on any atom is 0.255 e. The third kappa shape index (κ3) is 4.52. The second kappa shape index (κ2) is 9.63. The van der Waals surface area contributed by atoms with Gasteiger partial charge in [-0.3, -0.25) is 14.5 Å². The Morgan fingerprint density at radius 1 is 0.733 bits per heavy atom. The van der Waals surface area contributed by atoms with Crippen LogP contribution in [-0.2, 0) is 4.79 Å². The van der Waals surface area contributed by atoms with Crippen LogP contribution in [0, 0.1) is 0 Å². The van der Waals surface area contributed by atoms with Gasteiger partial charge in [0.1, 0.15) is 6.04 Å². The smallest absolute Gasteiger partial charge is 0.255 e. The lowest BCUT2D eigenvalue weighted by atomic mass is 10.0. The number of carbonyl (C=O) groups is 2. The predicted molar refractivity (Wildman–Crippen MR) is 119 cm³/mol. The van der Waals surface area contributed by atoms with Crippen LogP contribution in [-0.4, -0.2) is 65.8 Å². The van der Waals surface area contributed by atoms with E-state index in [0.717, 1.165) is 37.9 Å². The van der Waals surface area contributed by atoms with Gasteiger partial charge in [-0.2, -0.15) is 0 Å². The minimum absolute atomic E-state index is 0.0611. The molecule has 0 saturated carbocycles. The number of likely N-dealkylation sites (tertiary alicyclic amines) is 1. The summed E-state index contributed by atoms with van der Waals surface area (Å²) < 4.78 is 0. The van der Waals surface area contributed by atoms with Gasteiger partial charge in [0.2, 0.25) is 5.91 Å². The molecule has 0 aromatic heterocycles. The monoisotopic (exact) mass is 425 g/mol. The molecular formula is C24H28ClN3O2. The van der Waals surface area contributed by atoms with Crippen LogP contribution in [0.3, 0.4) is 0 Å². The lowest BCUT2D eigenvalue weighted by Crippen LogP contribution is -2.44. The van der Waals surface area contributed by atoms with Crippen molar-refractivity contribution in [1.29, 1.82) is 0 Å². The Kier molecular flexibility index (Phi) is 6.70. The Morgan fingerprint density at radius 3 is 2.10 bits per heavy atom. The quantitative estimate of drug-likeness (QED) is 0.747. The maximum absolute atomic E-state index is 13.6. The topological polar surface area (TPSA) is 43.9 Å². The van der Waals surface area contributed by atoms with Gasteiger partial charge < -0.3 is 9.80 Å². The summed E-state index contributed by atoms with van der Waals surface area (Å²) in [5.41, 5.74) is 1.58. The summed E-state index contributed by atoms with van der Waals surface area (Å²) in [6, 6.07) is 17.0. The van der Waals surface area contributed by atoms with Gasteiger partial charge in [0.25, 0.3) is 5.91 Å². The molecule has 2 aliphatic heterocycles. The molecule has 0 bridgehead atoms. The molecule has 30 heavy (non-hydrogen) atoms. The zero-order chi connectivity index (χ0) is 20.9. The van der Waals surface area contributed by atoms with E-state index < -0.39 is 0 Å². The highest BCUT2D eigenvalue weighted by Gasteiger charge is 2.34. The van der Waals surface area contributed by atoms with Gasteiger partial charge in [-0.05, 0) is 50.0 Å². The molecule has 0 spiro atoms. The molecule has 2 aromatic carbocycles. The molecule has 0 aliphatic carbocycles. The Labute approximate surface area is 183 Å². The molecule has 4 rings (SSSR count). The predicted octanol–water partition coefficient (Wildman–Crippen LogP) is 3.85. The second-order valence-electron chi connectivity index (χ2n) is 8.01. The van der Waals surface area contributed by atoms with Crippen LogP contribution in [0.4, 0.5) is 0 Å². The Hall–Kier alpha value is -2.37. The molecule has 2 aliphatic rings. The molecule has 1 atom stereocenters. The first-order chi connectivity index (χ1) is 14.6. The van der Waals surface area contributed by atoms with Crippen LogP contribution in [0.25, 0.3) is 0 Å². The summed E-state index contributed by atoms with van der Waals surface area (Å²) in [4.78, 5) is 32.6. The number of halogens is 1. The molecule has 2 heterocycles. The van der Waals surface area contributed by atoms with E-state index in [4.69, 9.17) is 11.6 Å². The molecule has 0 radical (unpaired) electrons. The van der Waals surface area contributed by atoms with Gasteiger partial charge in [-0.25, -0.2) is 0 Å². The van der Waals surface area contributed by atoms with Crippen molar-refractivity contribution in [2.45, 2.75) is 25.3 Å². The first-order valence-electron chi connectivity index (χ1n) is 10.8. The van der Waals surface area contributed by atoms with Gasteiger partial charge in [0, 0.05) is 26.2 Å². The zero-order valence-corrected chi connectivity index (χ0v) is 17.9. The van der Waals surface area contributed by atoms with E-state index in [1.54, 1.807) is 12.1 Å². The van der Waals surface area contributed by atoms with Gasteiger partial charge in [0.15, 0.2) is 0 Å². The van der Waals surface area contributed by atoms with Crippen LogP contribution in [0.15, 0.2) is 54.6 Å². The van der Waals surface area contributed by atoms with Crippen molar-refractivity contribution < 1.29 is 9.59 Å². The molecule has 2 amide bonds. The van der Waals surface area contributed by atoms with Gasteiger partial charge in [0.05, 0.1) is 10.6 Å². The summed E-state index contributed by atoms with van der Waals surface area (Å²) in [6.45, 7) is 4.28. The largest absolute Gasteiger partial charge is 0.339 e. The van der Waals surface area contributed by atoms with Gasteiger partial charge in [-0.15, -0.1) is 0 Å². The molecule has 5 nitrogen and oxygen atoms in total. The number of benzene rings is 2. The lowest BCUT2D eigenvalue weighted by molar-refractivity contribution is -0.136. The van der Waals surface area contributed by atoms with E-state index in [2.05, 4.69) is 4.90 Å². The first-order valence-corrected chi connectivity index (χ1v) is 11.1. The average Bonchev–Trinajstić information content (AvgIpc) is 3.17. The van der Waals surface area contributed by atoms with E-state index >= 15 is 0 Å². The highest BCUT2D eigenvalue weighted by Crippen LogP contribution is 2.28. The van der Waals surface area contributed by atoms with Crippen molar-refractivity contribution in [3.63, 3.8) is 0 Å². The number of amides is 2. The van der Waals surface area contributed by atoms with E-state index in [-0.39, 0.29) is 17.9 Å². The van der Waals surface area contributed by atoms with Gasteiger partial charge >= 0.3 is 0 Å². The highest BCUT2D eigenvalue weighted by atomic mass is 35.5. The lowest BCUT2D eigenvalue weighted by Gasteiger charge is -2.32. The van der Waals surface area contributed by atoms with E-state index in [1.165, 1.54) is 0 Å². The van der Waals surface area contributed by atoms with Crippen molar-refractivity contribution in [3.8, 4) is 0 Å². The van der Waals surface area contributed by atoms with Crippen molar-refractivity contribution in [3.05, 3.63) is 70.7 Å². The number of hydrogen-bond acceptors (Lipinski definition) is 3. The molecule has 2 fully saturated rings. The van der Waals surface area contributed by atoms with Crippen molar-refractivity contribution in [2.24, 2.45) is 0 Å². The minimum atomic E-state index is -0.237. The van der Waals surface area contributed by atoms with Crippen LogP contribution < -0.4 is 0 Å². The van der Waals surface area contributed by atoms with E-state index in [0.29, 0.717) is 36.8 Å². The Balaban J connectivity index is 1.48. The summed E-state index contributed by atoms with van der Waals surface area (Å²) in [5.74, 6) is 0.0872. The third-order valence-electron chi connectivity index (χ3n) is 6.05. The molecule has 158 valence electrons. The average molecular weight is 426 g/mol. The van der Waals surface area contributed by atoms with Gasteiger partial charge in [-0.1, -0.05) is 54.1 Å². The second-order valence-corrected chi connectivity index (χ2v) is 8.41. The zero-order valence-electron chi connectivity index (χ0n) is 17.2. The van der Waals surface area contributed by atoms with Crippen LogP contribution in [0.1, 0.15) is 41.2 Å². The molecule has 2 saturated heterocycles. The van der Waals surface area contributed by atoms with Crippen LogP contribution in [0.5, 0.6) is 0 Å². The number of rotatable bonds is 4. The Morgan fingerprint density at radius 2 is 1.37 bits per heavy atom. The SMILES string of the molecule is O=C(c1ccccc1Cl)N1CCCN(C(=O)C(c2ccccc2)N2CCCC2)CC1. The fraction of sp³-hybridized carbons (Fsp3) is 0.417. The summed E-state index contributed by atoms with van der Waals surface area (Å²) in [6.07, 6.45) is 3.04. The van der Waals surface area contributed by atoms with Crippen molar-refractivity contribution >= 4 is 23.4 Å². The number of carbonyl (C=O) groups excluding carboxylic acids is 2. The standard InChI is InChI=1S/C24H28ClN3O2/c25-21-12-5-4-11-20(21)23(29)27-15-8-16-28(18-17-27)24(30)22(26-13-6-7-14-26)19-9-2-1-3-10-19/h1-5,9-12,22H,6-8,13-18H2. The minimum Gasteiger partial charge on any atom is -0.339 e. The number of hydrogen-bond donors (Lipinski definition) is 0. The summed E-state index contributed by atoms with van der Waals surface area (Å²) in [7, 11) is 0. The third-order valence-corrected chi connectivity index (χ3v) is 6.38. The molecule has 6 heteroatoms. The number of nitrogens with zero attached hydrogens (tertiary/aromatic N) is 3. The van der Waals surface area contributed by atoms with E-state index in [1.807, 2.05) is 52.3 Å². The fourth-order valence-electron chi connectivity index (χ4n) is 4.46. The van der Waals surface area contributed by atoms with Crippen LogP contribution >= 0.6 is 11.6 Å². The molecule has 2 aromatic rings. The van der Waals surface area contributed by atoms with E-state index in [9.17, 15) is 9.59 Å². The van der Waals surface area contributed by atoms with Crippen LogP contribution in [0.2, 0.25) is 5.02 Å². The molecule has 1 unspecified atom stereocenters. The fourth-order valence-corrected chi connectivity index (χ4v) is 4.68. The first kappa shape index (κ1) is 20.9. The normalized spacial score (nSPS) is 18.8. The summed E-state index contributed by atoms with van der Waals surface area (Å²) in [5, 5.41) is 0.470. The highest BCUT2D eigenvalue weighted by molar-refractivity contribution is 6.33. The molecule has 0 N–H and O–H groups in total. The van der Waals surface area contributed by atoms with Crippen molar-refractivity contribution in [1.82, 2.24) is 14.7 Å². The Bertz CT molecular complexity index is 883. The maximum atomic E-state index is 13.6. The molecular weight excluding hydrogens is 398 g/mol.